The largest absolute Gasteiger partial charge is 0.380 e. The summed E-state index contributed by atoms with van der Waals surface area (Å²) in [4.78, 5) is 12.8. The lowest BCUT2D eigenvalue weighted by atomic mass is 9.96. The molecule has 4 aromatic rings. The lowest BCUT2D eigenvalue weighted by Gasteiger charge is -2.20. The molecule has 2 heterocycles. The van der Waals surface area contributed by atoms with Crippen molar-refractivity contribution in [3.8, 4) is 22.3 Å². The van der Waals surface area contributed by atoms with Crippen molar-refractivity contribution in [1.82, 2.24) is 15.0 Å². The number of hydrogen-bond donors (Lipinski definition) is 1. The Morgan fingerprint density at radius 2 is 1.73 bits per heavy atom. The summed E-state index contributed by atoms with van der Waals surface area (Å²) in [5.74, 6) is -1.44. The molecule has 4 rings (SSSR count). The van der Waals surface area contributed by atoms with Crippen LogP contribution >= 0.6 is 11.6 Å². The molecule has 1 atom stereocenters. The molecule has 0 amide bonds. The molecule has 0 fully saturated rings. The van der Waals surface area contributed by atoms with E-state index in [1.165, 1.54) is 24.5 Å². The zero-order valence-electron chi connectivity index (χ0n) is 16.5. The molecule has 0 radical (unpaired) electrons. The number of pyridine rings is 1. The van der Waals surface area contributed by atoms with Crippen molar-refractivity contribution in [3.05, 3.63) is 71.6 Å². The van der Waals surface area contributed by atoms with Crippen molar-refractivity contribution in [2.45, 2.75) is 26.3 Å². The first-order valence-electron chi connectivity index (χ1n) is 9.61. The molecule has 0 aliphatic carbocycles. The Hall–Kier alpha value is -3.12. The molecule has 1 N–H and O–H groups in total. The maximum atomic E-state index is 15.7. The van der Waals surface area contributed by atoms with Crippen molar-refractivity contribution in [3.63, 3.8) is 0 Å². The van der Waals surface area contributed by atoms with Crippen molar-refractivity contribution < 1.29 is 8.78 Å². The van der Waals surface area contributed by atoms with Gasteiger partial charge in [0, 0.05) is 24.0 Å². The van der Waals surface area contributed by atoms with Gasteiger partial charge in [0.2, 0.25) is 0 Å². The Morgan fingerprint density at radius 3 is 2.47 bits per heavy atom. The SMILES string of the molecule is CCC(C)Nc1c(-c2c(F)ccc(-c3ccccc3)c2F)c(Cl)nc2nccnc12. The van der Waals surface area contributed by atoms with E-state index in [9.17, 15) is 0 Å². The van der Waals surface area contributed by atoms with Crippen LogP contribution in [0.15, 0.2) is 54.9 Å². The molecule has 4 nitrogen and oxygen atoms in total. The van der Waals surface area contributed by atoms with Crippen LogP contribution < -0.4 is 5.32 Å². The first-order chi connectivity index (χ1) is 14.5. The summed E-state index contributed by atoms with van der Waals surface area (Å²) in [5, 5.41) is 3.25. The quantitative estimate of drug-likeness (QED) is 0.371. The zero-order valence-corrected chi connectivity index (χ0v) is 17.2. The highest BCUT2D eigenvalue weighted by molar-refractivity contribution is 6.33. The summed E-state index contributed by atoms with van der Waals surface area (Å²) in [5.41, 5.74) is 1.92. The Bertz CT molecular complexity index is 1210. The smallest absolute Gasteiger partial charge is 0.181 e. The van der Waals surface area contributed by atoms with Gasteiger partial charge in [-0.3, -0.25) is 0 Å². The Kier molecular flexibility index (Phi) is 5.59. The van der Waals surface area contributed by atoms with Crippen molar-refractivity contribution in [2.24, 2.45) is 0 Å². The van der Waals surface area contributed by atoms with Gasteiger partial charge in [-0.25, -0.2) is 23.7 Å². The van der Waals surface area contributed by atoms with Gasteiger partial charge in [-0.1, -0.05) is 48.9 Å². The van der Waals surface area contributed by atoms with Crippen LogP contribution in [0.25, 0.3) is 33.4 Å². The second kappa shape index (κ2) is 8.32. The number of rotatable bonds is 5. The number of aromatic nitrogens is 3. The molecule has 30 heavy (non-hydrogen) atoms. The van der Waals surface area contributed by atoms with E-state index in [1.54, 1.807) is 24.3 Å². The number of nitrogens with one attached hydrogen (secondary N) is 1. The molecule has 7 heteroatoms. The standard InChI is InChI=1S/C23H19ClF2N4/c1-3-13(2)29-20-18(22(24)30-23-21(20)27-11-12-28-23)17-16(25)10-9-15(19(17)26)14-7-5-4-6-8-14/h4-13H,3H2,1-2H3,(H,28,29,30). The van der Waals surface area contributed by atoms with Gasteiger partial charge in [0.1, 0.15) is 22.3 Å². The predicted molar refractivity (Wildman–Crippen MR) is 117 cm³/mol. The van der Waals surface area contributed by atoms with E-state index in [-0.39, 0.29) is 27.9 Å². The fourth-order valence-corrected chi connectivity index (χ4v) is 3.57. The van der Waals surface area contributed by atoms with Crippen molar-refractivity contribution in [2.75, 3.05) is 5.32 Å². The maximum Gasteiger partial charge on any atom is 0.181 e. The van der Waals surface area contributed by atoms with Gasteiger partial charge in [0.15, 0.2) is 5.65 Å². The summed E-state index contributed by atoms with van der Waals surface area (Å²) < 4.78 is 30.7. The van der Waals surface area contributed by atoms with E-state index in [2.05, 4.69) is 20.3 Å². The Labute approximate surface area is 178 Å². The van der Waals surface area contributed by atoms with E-state index in [4.69, 9.17) is 11.6 Å². The molecule has 2 aromatic heterocycles. The molecule has 1 unspecified atom stereocenters. The average molecular weight is 425 g/mol. The number of halogens is 3. The first-order valence-corrected chi connectivity index (χ1v) is 9.99. The lowest BCUT2D eigenvalue weighted by Crippen LogP contribution is -2.16. The van der Waals surface area contributed by atoms with Gasteiger partial charge >= 0.3 is 0 Å². The highest BCUT2D eigenvalue weighted by Gasteiger charge is 2.25. The van der Waals surface area contributed by atoms with Crippen molar-refractivity contribution in [1.29, 1.82) is 0 Å². The fraction of sp³-hybridized carbons (Fsp3) is 0.174. The van der Waals surface area contributed by atoms with Gasteiger partial charge < -0.3 is 5.32 Å². The van der Waals surface area contributed by atoms with Crippen LogP contribution in [0.5, 0.6) is 0 Å². The summed E-state index contributed by atoms with van der Waals surface area (Å²) >= 11 is 6.46. The summed E-state index contributed by atoms with van der Waals surface area (Å²) in [7, 11) is 0. The summed E-state index contributed by atoms with van der Waals surface area (Å²) in [6, 6.07) is 11.6. The molecule has 0 saturated heterocycles. The van der Waals surface area contributed by atoms with E-state index in [0.717, 1.165) is 6.42 Å². The van der Waals surface area contributed by atoms with Crippen LogP contribution in [0.3, 0.4) is 0 Å². The zero-order chi connectivity index (χ0) is 21.3. The van der Waals surface area contributed by atoms with Crippen LogP contribution in [0.1, 0.15) is 20.3 Å². The van der Waals surface area contributed by atoms with Crippen LogP contribution in [0.2, 0.25) is 5.15 Å². The monoisotopic (exact) mass is 424 g/mol. The predicted octanol–water partition coefficient (Wildman–Crippen LogP) is 6.50. The third-order valence-electron chi connectivity index (χ3n) is 5.01. The van der Waals surface area contributed by atoms with Crippen LogP contribution in [0, 0.1) is 11.6 Å². The molecule has 152 valence electrons. The normalized spacial score (nSPS) is 12.2. The van der Waals surface area contributed by atoms with Gasteiger partial charge in [0.05, 0.1) is 16.8 Å². The molecule has 0 bridgehead atoms. The molecular weight excluding hydrogens is 406 g/mol. The van der Waals surface area contributed by atoms with E-state index < -0.39 is 11.6 Å². The topological polar surface area (TPSA) is 50.7 Å². The number of benzene rings is 2. The highest BCUT2D eigenvalue weighted by Crippen LogP contribution is 2.42. The minimum absolute atomic E-state index is 0.0100. The van der Waals surface area contributed by atoms with Gasteiger partial charge in [-0.2, -0.15) is 0 Å². The van der Waals surface area contributed by atoms with Gasteiger partial charge in [-0.15, -0.1) is 0 Å². The van der Waals surface area contributed by atoms with Crippen LogP contribution in [-0.2, 0) is 0 Å². The number of hydrogen-bond acceptors (Lipinski definition) is 4. The molecule has 0 saturated carbocycles. The molecule has 0 spiro atoms. The number of anilines is 1. The lowest BCUT2D eigenvalue weighted by molar-refractivity contribution is 0.592. The second-order valence-electron chi connectivity index (χ2n) is 6.98. The van der Waals surface area contributed by atoms with Gasteiger partial charge in [0.25, 0.3) is 0 Å². The molecule has 2 aromatic carbocycles. The van der Waals surface area contributed by atoms with Crippen LogP contribution in [0.4, 0.5) is 14.5 Å². The van der Waals surface area contributed by atoms with Gasteiger partial charge in [-0.05, 0) is 31.0 Å². The Morgan fingerprint density at radius 1 is 1.00 bits per heavy atom. The van der Waals surface area contributed by atoms with Crippen LogP contribution in [-0.4, -0.2) is 21.0 Å². The minimum atomic E-state index is -0.730. The Balaban J connectivity index is 2.04. The van der Waals surface area contributed by atoms with E-state index in [1.807, 2.05) is 19.9 Å². The minimum Gasteiger partial charge on any atom is -0.380 e. The fourth-order valence-electron chi connectivity index (χ4n) is 3.30. The summed E-state index contributed by atoms with van der Waals surface area (Å²) in [6.07, 6.45) is 3.79. The van der Waals surface area contributed by atoms with E-state index in [0.29, 0.717) is 22.4 Å². The molecular formula is C23H19ClF2N4. The van der Waals surface area contributed by atoms with Crippen molar-refractivity contribution >= 4 is 28.5 Å². The second-order valence-corrected chi connectivity index (χ2v) is 7.34. The average Bonchev–Trinajstić information content (AvgIpc) is 2.76. The molecule has 0 aliphatic heterocycles. The highest BCUT2D eigenvalue weighted by atomic mass is 35.5. The third kappa shape index (κ3) is 3.59. The molecule has 0 aliphatic rings. The van der Waals surface area contributed by atoms with E-state index >= 15 is 8.78 Å². The number of nitrogens with zero attached hydrogens (tertiary/aromatic N) is 3. The third-order valence-corrected chi connectivity index (χ3v) is 5.28. The number of fused-ring (bicyclic) bond motifs is 1. The maximum absolute atomic E-state index is 15.7. The first kappa shape index (κ1) is 20.2. The summed E-state index contributed by atoms with van der Waals surface area (Å²) in [6.45, 7) is 3.97.